The first-order chi connectivity index (χ1) is 10.1. The van der Waals surface area contributed by atoms with Gasteiger partial charge < -0.3 is 10.1 Å². The predicted molar refractivity (Wildman–Crippen MR) is 89.1 cm³/mol. The number of aryl methyl sites for hydroxylation is 2. The van der Waals surface area contributed by atoms with Gasteiger partial charge in [-0.3, -0.25) is 0 Å². The number of hydrogen-bond donors (Lipinski definition) is 1. The fraction of sp³-hybridized carbons (Fsp3) is 0.375. The fourth-order valence-electron chi connectivity index (χ4n) is 1.82. The van der Waals surface area contributed by atoms with Gasteiger partial charge >= 0.3 is 0 Å². The molecule has 2 rings (SSSR count). The van der Waals surface area contributed by atoms with Crippen LogP contribution in [0.5, 0.6) is 11.6 Å². The maximum atomic E-state index is 5.93. The Morgan fingerprint density at radius 2 is 2.00 bits per heavy atom. The quantitative estimate of drug-likeness (QED) is 0.819. The van der Waals surface area contributed by atoms with E-state index < -0.39 is 0 Å². The number of hydrogen-bond acceptors (Lipinski definition) is 4. The van der Waals surface area contributed by atoms with Crippen molar-refractivity contribution in [2.45, 2.75) is 33.6 Å². The summed E-state index contributed by atoms with van der Waals surface area (Å²) in [4.78, 5) is 8.90. The Morgan fingerprint density at radius 1 is 1.19 bits per heavy atom. The molecule has 0 spiro atoms. The van der Waals surface area contributed by atoms with Crippen LogP contribution in [0, 0.1) is 6.92 Å². The van der Waals surface area contributed by atoms with Crippen LogP contribution in [-0.2, 0) is 6.42 Å². The average molecular weight is 350 g/mol. The molecule has 0 radical (unpaired) electrons. The number of nitrogens with zero attached hydrogens (tertiary/aromatic N) is 2. The minimum Gasteiger partial charge on any atom is -0.439 e. The van der Waals surface area contributed by atoms with Crippen molar-refractivity contribution in [2.75, 3.05) is 11.9 Å². The summed E-state index contributed by atoms with van der Waals surface area (Å²) in [5.74, 6) is 2.96. The second-order valence-corrected chi connectivity index (χ2v) is 5.72. The van der Waals surface area contributed by atoms with Gasteiger partial charge in [0.1, 0.15) is 17.4 Å². The van der Waals surface area contributed by atoms with E-state index in [1.807, 2.05) is 38.1 Å². The highest BCUT2D eigenvalue weighted by Gasteiger charge is 2.07. The lowest BCUT2D eigenvalue weighted by Crippen LogP contribution is -2.05. The Labute approximate surface area is 134 Å². The van der Waals surface area contributed by atoms with E-state index in [4.69, 9.17) is 4.74 Å². The molecule has 0 bridgehead atoms. The molecule has 0 aliphatic heterocycles. The van der Waals surface area contributed by atoms with Gasteiger partial charge in [-0.25, -0.2) is 4.98 Å². The zero-order valence-corrected chi connectivity index (χ0v) is 14.2. The van der Waals surface area contributed by atoms with Crippen molar-refractivity contribution in [1.29, 1.82) is 0 Å². The summed E-state index contributed by atoms with van der Waals surface area (Å²) in [6.45, 7) is 7.06. The average Bonchev–Trinajstić information content (AvgIpc) is 2.48. The highest BCUT2D eigenvalue weighted by molar-refractivity contribution is 9.10. The molecule has 0 aliphatic rings. The summed E-state index contributed by atoms with van der Waals surface area (Å²) in [6, 6.07) is 7.79. The molecule has 21 heavy (non-hydrogen) atoms. The van der Waals surface area contributed by atoms with E-state index in [9.17, 15) is 0 Å². The third-order valence-electron chi connectivity index (χ3n) is 2.99. The van der Waals surface area contributed by atoms with Crippen molar-refractivity contribution in [3.63, 3.8) is 0 Å². The molecule has 1 aromatic carbocycles. The summed E-state index contributed by atoms with van der Waals surface area (Å²) >= 11 is 3.46. The van der Waals surface area contributed by atoms with Gasteiger partial charge in [0.05, 0.1) is 0 Å². The van der Waals surface area contributed by atoms with Crippen LogP contribution in [0.4, 0.5) is 5.82 Å². The number of benzene rings is 1. The molecule has 0 amide bonds. The van der Waals surface area contributed by atoms with Crippen LogP contribution >= 0.6 is 15.9 Å². The monoisotopic (exact) mass is 349 g/mol. The molecule has 1 aromatic heterocycles. The van der Waals surface area contributed by atoms with Crippen LogP contribution in [0.25, 0.3) is 0 Å². The molecular weight excluding hydrogens is 330 g/mol. The predicted octanol–water partition coefficient (Wildman–Crippen LogP) is 4.72. The van der Waals surface area contributed by atoms with Crippen molar-refractivity contribution in [3.05, 3.63) is 40.1 Å². The molecule has 0 saturated carbocycles. The summed E-state index contributed by atoms with van der Waals surface area (Å²) in [5.41, 5.74) is 1.07. The summed E-state index contributed by atoms with van der Waals surface area (Å²) in [6.07, 6.45) is 1.82. The molecule has 0 unspecified atom stereocenters. The molecule has 0 saturated heterocycles. The molecule has 1 heterocycles. The Bertz CT molecular complexity index is 616. The minimum atomic E-state index is 0.571. The standard InChI is InChI=1S/C16H20BrN3O/c1-4-8-18-15-10-16(20-14(5-2)19-15)21-13-9-12(17)7-6-11(13)3/h6-7,9-10H,4-5,8H2,1-3H3,(H,18,19,20). The second kappa shape index (κ2) is 7.41. The summed E-state index contributed by atoms with van der Waals surface area (Å²) in [7, 11) is 0. The van der Waals surface area contributed by atoms with E-state index in [1.165, 1.54) is 0 Å². The van der Waals surface area contributed by atoms with Gasteiger partial charge in [-0.2, -0.15) is 4.98 Å². The molecule has 0 aliphatic carbocycles. The number of anilines is 1. The highest BCUT2D eigenvalue weighted by atomic mass is 79.9. The number of ether oxygens (including phenoxy) is 1. The second-order valence-electron chi connectivity index (χ2n) is 4.80. The molecule has 5 heteroatoms. The first-order valence-corrected chi connectivity index (χ1v) is 7.97. The van der Waals surface area contributed by atoms with Crippen molar-refractivity contribution < 1.29 is 4.74 Å². The van der Waals surface area contributed by atoms with Gasteiger partial charge in [0.2, 0.25) is 5.88 Å². The number of nitrogens with one attached hydrogen (secondary N) is 1. The first-order valence-electron chi connectivity index (χ1n) is 7.18. The van der Waals surface area contributed by atoms with E-state index in [-0.39, 0.29) is 0 Å². The van der Waals surface area contributed by atoms with E-state index in [2.05, 4.69) is 38.1 Å². The van der Waals surface area contributed by atoms with Gasteiger partial charge in [-0.1, -0.05) is 35.8 Å². The summed E-state index contributed by atoms with van der Waals surface area (Å²) in [5, 5.41) is 3.28. The largest absolute Gasteiger partial charge is 0.439 e. The zero-order chi connectivity index (χ0) is 15.2. The van der Waals surface area contributed by atoms with Gasteiger partial charge in [-0.05, 0) is 31.0 Å². The van der Waals surface area contributed by atoms with Crippen molar-refractivity contribution in [2.24, 2.45) is 0 Å². The maximum Gasteiger partial charge on any atom is 0.224 e. The maximum absolute atomic E-state index is 5.93. The Morgan fingerprint density at radius 3 is 2.71 bits per heavy atom. The summed E-state index contributed by atoms with van der Waals surface area (Å²) < 4.78 is 6.92. The van der Waals surface area contributed by atoms with Crippen LogP contribution in [0.2, 0.25) is 0 Å². The van der Waals surface area contributed by atoms with Crippen LogP contribution in [0.3, 0.4) is 0 Å². The highest BCUT2D eigenvalue weighted by Crippen LogP contribution is 2.28. The first kappa shape index (κ1) is 15.8. The number of aromatic nitrogens is 2. The smallest absolute Gasteiger partial charge is 0.224 e. The van der Waals surface area contributed by atoms with Crippen LogP contribution < -0.4 is 10.1 Å². The van der Waals surface area contributed by atoms with Crippen molar-refractivity contribution in [1.82, 2.24) is 9.97 Å². The lowest BCUT2D eigenvalue weighted by molar-refractivity contribution is 0.455. The Hall–Kier alpha value is -1.62. The molecule has 4 nitrogen and oxygen atoms in total. The van der Waals surface area contributed by atoms with Gasteiger partial charge in [0.25, 0.3) is 0 Å². The molecule has 0 fully saturated rings. The molecule has 112 valence electrons. The Balaban J connectivity index is 2.27. The van der Waals surface area contributed by atoms with E-state index in [1.54, 1.807) is 0 Å². The number of rotatable bonds is 6. The van der Waals surface area contributed by atoms with Crippen LogP contribution in [0.1, 0.15) is 31.7 Å². The third-order valence-corrected chi connectivity index (χ3v) is 3.48. The van der Waals surface area contributed by atoms with Crippen molar-refractivity contribution in [3.8, 4) is 11.6 Å². The molecule has 2 aromatic rings. The number of halogens is 1. The fourth-order valence-corrected chi connectivity index (χ4v) is 2.16. The minimum absolute atomic E-state index is 0.571. The van der Waals surface area contributed by atoms with E-state index in [0.717, 1.165) is 46.8 Å². The molecule has 0 atom stereocenters. The third kappa shape index (κ3) is 4.43. The zero-order valence-electron chi connectivity index (χ0n) is 12.6. The topological polar surface area (TPSA) is 47.0 Å². The molecular formula is C16H20BrN3O. The Kier molecular flexibility index (Phi) is 5.56. The van der Waals surface area contributed by atoms with E-state index >= 15 is 0 Å². The van der Waals surface area contributed by atoms with E-state index in [0.29, 0.717) is 5.88 Å². The van der Waals surface area contributed by atoms with Crippen LogP contribution in [-0.4, -0.2) is 16.5 Å². The van der Waals surface area contributed by atoms with Crippen LogP contribution in [0.15, 0.2) is 28.7 Å². The van der Waals surface area contributed by atoms with Gasteiger partial charge in [-0.15, -0.1) is 0 Å². The van der Waals surface area contributed by atoms with Crippen molar-refractivity contribution >= 4 is 21.7 Å². The molecule has 1 N–H and O–H groups in total. The SMILES string of the molecule is CCCNc1cc(Oc2cc(Br)ccc2C)nc(CC)n1. The normalized spacial score (nSPS) is 10.5. The van der Waals surface area contributed by atoms with Gasteiger partial charge in [0, 0.05) is 23.5 Å². The lowest BCUT2D eigenvalue weighted by atomic mass is 10.2. The van der Waals surface area contributed by atoms with Gasteiger partial charge in [0.15, 0.2) is 0 Å². The lowest BCUT2D eigenvalue weighted by Gasteiger charge is -2.11.